The first-order chi connectivity index (χ1) is 9.31. The Morgan fingerprint density at radius 2 is 1.84 bits per heavy atom. The third-order valence-electron chi connectivity index (χ3n) is 3.49. The van der Waals surface area contributed by atoms with Gasteiger partial charge in [0.05, 0.1) is 6.54 Å². The van der Waals surface area contributed by atoms with E-state index in [1.165, 1.54) is 12.1 Å². The van der Waals surface area contributed by atoms with Crippen molar-refractivity contribution in [3.63, 3.8) is 0 Å². The monoisotopic (exact) mass is 260 g/mol. The Morgan fingerprint density at radius 3 is 2.47 bits per heavy atom. The molecule has 0 aliphatic carbocycles. The lowest BCUT2D eigenvalue weighted by Gasteiger charge is -2.35. The number of halogens is 1. The molecule has 5 heteroatoms. The molecule has 0 bridgehead atoms. The van der Waals surface area contributed by atoms with Crippen molar-refractivity contribution in [1.29, 1.82) is 0 Å². The molecule has 1 N–H and O–H groups in total. The van der Waals surface area contributed by atoms with Gasteiger partial charge in [0.1, 0.15) is 11.6 Å². The fourth-order valence-electron chi connectivity index (χ4n) is 2.41. The highest BCUT2D eigenvalue weighted by Crippen LogP contribution is 2.17. The molecule has 0 saturated carbocycles. The Labute approximate surface area is 111 Å². The summed E-state index contributed by atoms with van der Waals surface area (Å²) in [5.74, 6) is 0.829. The van der Waals surface area contributed by atoms with Crippen molar-refractivity contribution in [1.82, 2.24) is 14.9 Å². The first kappa shape index (κ1) is 12.2. The summed E-state index contributed by atoms with van der Waals surface area (Å²) in [4.78, 5) is 12.0. The average molecular weight is 260 g/mol. The van der Waals surface area contributed by atoms with Crippen LogP contribution < -0.4 is 4.90 Å². The first-order valence-electron chi connectivity index (χ1n) is 6.52. The van der Waals surface area contributed by atoms with Crippen molar-refractivity contribution in [3.05, 3.63) is 48.3 Å². The van der Waals surface area contributed by atoms with Gasteiger partial charge in [0.15, 0.2) is 0 Å². The van der Waals surface area contributed by atoms with E-state index in [2.05, 4.69) is 19.8 Å². The van der Waals surface area contributed by atoms with Gasteiger partial charge in [0, 0.05) is 44.3 Å². The molecule has 0 atom stereocenters. The van der Waals surface area contributed by atoms with Gasteiger partial charge < -0.3 is 9.88 Å². The molecule has 0 unspecified atom stereocenters. The van der Waals surface area contributed by atoms with E-state index in [0.717, 1.165) is 44.2 Å². The van der Waals surface area contributed by atoms with Crippen LogP contribution in [0.2, 0.25) is 0 Å². The molecule has 1 saturated heterocycles. The van der Waals surface area contributed by atoms with Crippen LogP contribution in [0.25, 0.3) is 0 Å². The number of rotatable bonds is 3. The lowest BCUT2D eigenvalue weighted by Crippen LogP contribution is -2.46. The second kappa shape index (κ2) is 5.40. The predicted octanol–water partition coefficient (Wildman–Crippen LogP) is 1.87. The molecule has 0 radical (unpaired) electrons. The van der Waals surface area contributed by atoms with Crippen LogP contribution in [0.3, 0.4) is 0 Å². The smallest absolute Gasteiger partial charge is 0.123 e. The van der Waals surface area contributed by atoms with Crippen LogP contribution in [0, 0.1) is 5.82 Å². The van der Waals surface area contributed by atoms with E-state index in [9.17, 15) is 4.39 Å². The summed E-state index contributed by atoms with van der Waals surface area (Å²) in [6.07, 6.45) is 3.63. The summed E-state index contributed by atoms with van der Waals surface area (Å²) in [5, 5.41) is 0. The zero-order chi connectivity index (χ0) is 13.1. The van der Waals surface area contributed by atoms with Gasteiger partial charge in [0.2, 0.25) is 0 Å². The van der Waals surface area contributed by atoms with Crippen LogP contribution in [0.4, 0.5) is 10.1 Å². The summed E-state index contributed by atoms with van der Waals surface area (Å²) in [6.45, 7) is 4.79. The van der Waals surface area contributed by atoms with Gasteiger partial charge in [0.25, 0.3) is 0 Å². The number of nitrogens with one attached hydrogen (secondary N) is 1. The first-order valence-corrected chi connectivity index (χ1v) is 6.52. The number of aromatic nitrogens is 2. The van der Waals surface area contributed by atoms with Crippen LogP contribution in [-0.4, -0.2) is 41.0 Å². The van der Waals surface area contributed by atoms with E-state index in [1.54, 1.807) is 6.20 Å². The number of imidazole rings is 1. The number of hydrogen-bond donors (Lipinski definition) is 1. The number of H-pyrrole nitrogens is 1. The van der Waals surface area contributed by atoms with Crippen LogP contribution in [0.15, 0.2) is 36.7 Å². The van der Waals surface area contributed by atoms with Gasteiger partial charge >= 0.3 is 0 Å². The summed E-state index contributed by atoms with van der Waals surface area (Å²) in [6, 6.07) is 6.73. The zero-order valence-electron chi connectivity index (χ0n) is 10.7. The van der Waals surface area contributed by atoms with E-state index in [1.807, 2.05) is 18.3 Å². The molecule has 100 valence electrons. The maximum atomic E-state index is 12.9. The van der Waals surface area contributed by atoms with E-state index in [-0.39, 0.29) is 5.82 Å². The van der Waals surface area contributed by atoms with Crippen LogP contribution in [0.5, 0.6) is 0 Å². The minimum atomic E-state index is -0.180. The lowest BCUT2D eigenvalue weighted by molar-refractivity contribution is 0.244. The fourth-order valence-corrected chi connectivity index (χ4v) is 2.41. The van der Waals surface area contributed by atoms with Crippen molar-refractivity contribution in [3.8, 4) is 0 Å². The molecule has 1 aliphatic rings. The topological polar surface area (TPSA) is 35.2 Å². The number of anilines is 1. The third-order valence-corrected chi connectivity index (χ3v) is 3.49. The van der Waals surface area contributed by atoms with Crippen LogP contribution in [-0.2, 0) is 6.54 Å². The normalized spacial score (nSPS) is 16.8. The molecule has 0 spiro atoms. The Morgan fingerprint density at radius 1 is 1.11 bits per heavy atom. The maximum absolute atomic E-state index is 12.9. The van der Waals surface area contributed by atoms with Crippen molar-refractivity contribution >= 4 is 5.69 Å². The van der Waals surface area contributed by atoms with Crippen LogP contribution >= 0.6 is 0 Å². The molecule has 1 fully saturated rings. The lowest BCUT2D eigenvalue weighted by atomic mass is 10.2. The molecule has 1 aromatic heterocycles. The van der Waals surface area contributed by atoms with E-state index in [0.29, 0.717) is 0 Å². The van der Waals surface area contributed by atoms with Crippen molar-refractivity contribution in [2.75, 3.05) is 31.1 Å². The highest BCUT2D eigenvalue weighted by molar-refractivity contribution is 5.46. The molecular weight excluding hydrogens is 243 g/mol. The molecule has 2 aromatic rings. The predicted molar refractivity (Wildman–Crippen MR) is 72.5 cm³/mol. The third kappa shape index (κ3) is 2.93. The maximum Gasteiger partial charge on any atom is 0.123 e. The van der Waals surface area contributed by atoms with Gasteiger partial charge in [-0.15, -0.1) is 0 Å². The molecule has 19 heavy (non-hydrogen) atoms. The van der Waals surface area contributed by atoms with E-state index < -0.39 is 0 Å². The molecule has 1 aromatic carbocycles. The number of piperazine rings is 1. The Kier molecular flexibility index (Phi) is 3.46. The zero-order valence-corrected chi connectivity index (χ0v) is 10.7. The molecule has 2 heterocycles. The number of aromatic amines is 1. The van der Waals surface area contributed by atoms with Gasteiger partial charge in [-0.25, -0.2) is 9.37 Å². The number of benzene rings is 1. The molecule has 3 rings (SSSR count). The van der Waals surface area contributed by atoms with E-state index in [4.69, 9.17) is 0 Å². The summed E-state index contributed by atoms with van der Waals surface area (Å²) in [7, 11) is 0. The fraction of sp³-hybridized carbons (Fsp3) is 0.357. The average Bonchev–Trinajstić information content (AvgIpc) is 2.94. The van der Waals surface area contributed by atoms with Crippen LogP contribution in [0.1, 0.15) is 5.82 Å². The highest BCUT2D eigenvalue weighted by atomic mass is 19.1. The van der Waals surface area contributed by atoms with Gasteiger partial charge in [-0.05, 0) is 24.3 Å². The SMILES string of the molecule is Fc1ccc(N2CCN(Cc3ncc[nH]3)CC2)cc1. The van der Waals surface area contributed by atoms with Crippen molar-refractivity contribution in [2.24, 2.45) is 0 Å². The molecule has 4 nitrogen and oxygen atoms in total. The highest BCUT2D eigenvalue weighted by Gasteiger charge is 2.17. The minimum Gasteiger partial charge on any atom is -0.369 e. The summed E-state index contributed by atoms with van der Waals surface area (Å²) < 4.78 is 12.9. The number of nitrogens with zero attached hydrogens (tertiary/aromatic N) is 3. The Balaban J connectivity index is 1.56. The van der Waals surface area contributed by atoms with Crippen molar-refractivity contribution in [2.45, 2.75) is 6.54 Å². The van der Waals surface area contributed by atoms with Gasteiger partial charge in [-0.2, -0.15) is 0 Å². The minimum absolute atomic E-state index is 0.180. The van der Waals surface area contributed by atoms with Crippen molar-refractivity contribution < 1.29 is 4.39 Å². The largest absolute Gasteiger partial charge is 0.369 e. The van der Waals surface area contributed by atoms with Gasteiger partial charge in [-0.3, -0.25) is 4.90 Å². The molecule has 1 aliphatic heterocycles. The Hall–Kier alpha value is -1.88. The second-order valence-electron chi connectivity index (χ2n) is 4.78. The molecular formula is C14H17FN4. The molecule has 0 amide bonds. The standard InChI is InChI=1S/C14H17FN4/c15-12-1-3-13(4-2-12)19-9-7-18(8-10-19)11-14-16-5-6-17-14/h1-6H,7-11H2,(H,16,17). The summed E-state index contributed by atoms with van der Waals surface area (Å²) >= 11 is 0. The number of hydrogen-bond acceptors (Lipinski definition) is 3. The quantitative estimate of drug-likeness (QED) is 0.915. The van der Waals surface area contributed by atoms with Gasteiger partial charge in [-0.1, -0.05) is 0 Å². The second-order valence-corrected chi connectivity index (χ2v) is 4.78. The summed E-state index contributed by atoms with van der Waals surface area (Å²) in [5.41, 5.74) is 1.10. The van der Waals surface area contributed by atoms with E-state index >= 15 is 0 Å². The Bertz CT molecular complexity index is 501.